The molecule has 6 nitrogen and oxygen atoms in total. The zero-order chi connectivity index (χ0) is 17.1. The van der Waals surface area contributed by atoms with E-state index in [4.69, 9.17) is 14.5 Å². The van der Waals surface area contributed by atoms with Crippen molar-refractivity contribution in [2.75, 3.05) is 6.79 Å². The SMILES string of the molecule is c1cnc2c(c1)c1nc(-c3ccc4c(c3)OCO4)[nH]c1c1cccnc12. The van der Waals surface area contributed by atoms with Gasteiger partial charge in [0.1, 0.15) is 5.82 Å². The molecule has 0 amide bonds. The van der Waals surface area contributed by atoms with Gasteiger partial charge in [0.15, 0.2) is 11.5 Å². The first kappa shape index (κ1) is 13.6. The third-order valence-electron chi connectivity index (χ3n) is 4.71. The first-order valence-corrected chi connectivity index (χ1v) is 8.30. The van der Waals surface area contributed by atoms with E-state index in [0.29, 0.717) is 0 Å². The Bertz CT molecular complexity index is 1250. The molecule has 2 aromatic carbocycles. The molecule has 1 aliphatic rings. The van der Waals surface area contributed by atoms with E-state index in [2.05, 4.69) is 15.0 Å². The second-order valence-corrected chi connectivity index (χ2v) is 6.18. The number of aromatic amines is 1. The van der Waals surface area contributed by atoms with Gasteiger partial charge in [0.25, 0.3) is 0 Å². The number of H-pyrrole nitrogens is 1. The Hall–Kier alpha value is -3.67. The zero-order valence-corrected chi connectivity index (χ0v) is 13.6. The van der Waals surface area contributed by atoms with Gasteiger partial charge in [0.2, 0.25) is 6.79 Å². The number of hydrogen-bond donors (Lipinski definition) is 1. The van der Waals surface area contributed by atoms with E-state index in [-0.39, 0.29) is 6.79 Å². The Kier molecular flexibility index (Phi) is 2.57. The van der Waals surface area contributed by atoms with Gasteiger partial charge in [-0.25, -0.2) is 4.98 Å². The van der Waals surface area contributed by atoms with Gasteiger partial charge in [-0.2, -0.15) is 0 Å². The number of rotatable bonds is 1. The van der Waals surface area contributed by atoms with Crippen LogP contribution in [-0.4, -0.2) is 26.7 Å². The average molecular weight is 340 g/mol. The standard InChI is InChI=1S/C20H12N4O2/c1-3-12-16(21-7-1)17-13(4-2-8-22-17)19-18(12)23-20(24-19)11-5-6-14-15(9-11)26-10-25-14/h1-9H,10H2,(H,23,24). The molecule has 0 saturated heterocycles. The molecule has 0 radical (unpaired) electrons. The number of aromatic nitrogens is 4. The summed E-state index contributed by atoms with van der Waals surface area (Å²) in [5.74, 6) is 2.27. The number of benzene rings is 2. The normalized spacial score (nSPS) is 13.1. The molecular weight excluding hydrogens is 328 g/mol. The smallest absolute Gasteiger partial charge is 0.231 e. The molecule has 6 heteroatoms. The Morgan fingerprint density at radius 1 is 0.808 bits per heavy atom. The van der Waals surface area contributed by atoms with Crippen LogP contribution in [0.1, 0.15) is 0 Å². The maximum absolute atomic E-state index is 5.49. The van der Waals surface area contributed by atoms with Crippen molar-refractivity contribution in [3.05, 3.63) is 54.9 Å². The van der Waals surface area contributed by atoms with Crippen molar-refractivity contribution in [1.82, 2.24) is 19.9 Å². The number of nitrogens with one attached hydrogen (secondary N) is 1. The van der Waals surface area contributed by atoms with Crippen molar-refractivity contribution in [2.24, 2.45) is 0 Å². The molecule has 6 rings (SSSR count). The lowest BCUT2D eigenvalue weighted by Crippen LogP contribution is -1.92. The second kappa shape index (κ2) is 4.92. The number of imidazole rings is 1. The third kappa shape index (κ3) is 1.78. The van der Waals surface area contributed by atoms with Crippen LogP contribution in [0, 0.1) is 0 Å². The molecule has 0 saturated carbocycles. The summed E-state index contributed by atoms with van der Waals surface area (Å²) in [6, 6.07) is 13.8. The highest BCUT2D eigenvalue weighted by molar-refractivity contribution is 6.21. The Labute approximate surface area is 147 Å². The van der Waals surface area contributed by atoms with Crippen LogP contribution in [0.2, 0.25) is 0 Å². The van der Waals surface area contributed by atoms with E-state index >= 15 is 0 Å². The van der Waals surface area contributed by atoms with Crippen molar-refractivity contribution < 1.29 is 9.47 Å². The van der Waals surface area contributed by atoms with E-state index in [1.54, 1.807) is 12.4 Å². The second-order valence-electron chi connectivity index (χ2n) is 6.18. The van der Waals surface area contributed by atoms with Gasteiger partial charge in [-0.1, -0.05) is 0 Å². The summed E-state index contributed by atoms with van der Waals surface area (Å²) in [4.78, 5) is 17.4. The van der Waals surface area contributed by atoms with Crippen LogP contribution in [-0.2, 0) is 0 Å². The zero-order valence-electron chi connectivity index (χ0n) is 13.6. The fraction of sp³-hybridized carbons (Fsp3) is 0.0500. The molecule has 1 N–H and O–H groups in total. The molecule has 0 fully saturated rings. The first-order chi connectivity index (χ1) is 12.9. The van der Waals surface area contributed by atoms with Gasteiger partial charge in [0.05, 0.1) is 22.1 Å². The fourth-order valence-electron chi connectivity index (χ4n) is 3.52. The number of ether oxygens (including phenoxy) is 2. The van der Waals surface area contributed by atoms with Crippen LogP contribution in [0.5, 0.6) is 11.5 Å². The molecule has 26 heavy (non-hydrogen) atoms. The monoisotopic (exact) mass is 340 g/mol. The van der Waals surface area contributed by atoms with Gasteiger partial charge in [0, 0.05) is 28.7 Å². The summed E-state index contributed by atoms with van der Waals surface area (Å²) in [6.07, 6.45) is 3.57. The molecule has 5 aromatic rings. The van der Waals surface area contributed by atoms with Crippen molar-refractivity contribution >= 4 is 32.8 Å². The van der Waals surface area contributed by atoms with E-state index in [0.717, 1.165) is 55.7 Å². The average Bonchev–Trinajstić information content (AvgIpc) is 3.35. The molecule has 1 aliphatic heterocycles. The lowest BCUT2D eigenvalue weighted by Gasteiger charge is -2.03. The molecule has 0 bridgehead atoms. The van der Waals surface area contributed by atoms with Crippen LogP contribution in [0.3, 0.4) is 0 Å². The Morgan fingerprint density at radius 3 is 2.46 bits per heavy atom. The lowest BCUT2D eigenvalue weighted by atomic mass is 10.1. The van der Waals surface area contributed by atoms with Crippen LogP contribution >= 0.6 is 0 Å². The molecule has 4 heterocycles. The van der Waals surface area contributed by atoms with Gasteiger partial charge in [-0.15, -0.1) is 0 Å². The van der Waals surface area contributed by atoms with E-state index in [9.17, 15) is 0 Å². The molecular formula is C20H12N4O2. The van der Waals surface area contributed by atoms with Gasteiger partial charge >= 0.3 is 0 Å². The largest absolute Gasteiger partial charge is 0.454 e. The quantitative estimate of drug-likeness (QED) is 0.466. The van der Waals surface area contributed by atoms with E-state index in [1.165, 1.54) is 0 Å². The number of hydrogen-bond acceptors (Lipinski definition) is 5. The van der Waals surface area contributed by atoms with E-state index < -0.39 is 0 Å². The van der Waals surface area contributed by atoms with Crippen molar-refractivity contribution in [2.45, 2.75) is 0 Å². The van der Waals surface area contributed by atoms with Crippen molar-refractivity contribution in [3.63, 3.8) is 0 Å². The van der Waals surface area contributed by atoms with Gasteiger partial charge in [-0.05, 0) is 42.5 Å². The predicted molar refractivity (Wildman–Crippen MR) is 98.3 cm³/mol. The summed E-state index contributed by atoms with van der Waals surface area (Å²) in [6.45, 7) is 0.255. The van der Waals surface area contributed by atoms with Crippen LogP contribution in [0.4, 0.5) is 0 Å². The first-order valence-electron chi connectivity index (χ1n) is 8.30. The third-order valence-corrected chi connectivity index (χ3v) is 4.71. The maximum atomic E-state index is 5.49. The summed E-state index contributed by atoms with van der Waals surface area (Å²) in [5, 5.41) is 1.99. The van der Waals surface area contributed by atoms with Crippen LogP contribution in [0.25, 0.3) is 44.2 Å². The minimum absolute atomic E-state index is 0.255. The van der Waals surface area contributed by atoms with Gasteiger partial charge in [-0.3, -0.25) is 9.97 Å². The highest BCUT2D eigenvalue weighted by Crippen LogP contribution is 2.37. The van der Waals surface area contributed by atoms with E-state index in [1.807, 2.05) is 42.5 Å². The highest BCUT2D eigenvalue weighted by Gasteiger charge is 2.18. The summed E-state index contributed by atoms with van der Waals surface area (Å²) < 4.78 is 10.9. The number of nitrogens with zero attached hydrogens (tertiary/aromatic N) is 3. The van der Waals surface area contributed by atoms with Gasteiger partial charge < -0.3 is 14.5 Å². The maximum Gasteiger partial charge on any atom is 0.231 e. The molecule has 0 aliphatic carbocycles. The molecule has 0 spiro atoms. The summed E-state index contributed by atoms with van der Waals surface area (Å²) >= 11 is 0. The van der Waals surface area contributed by atoms with Crippen molar-refractivity contribution in [1.29, 1.82) is 0 Å². The Morgan fingerprint density at radius 2 is 1.58 bits per heavy atom. The highest BCUT2D eigenvalue weighted by atomic mass is 16.7. The minimum Gasteiger partial charge on any atom is -0.454 e. The molecule has 124 valence electrons. The molecule has 3 aromatic heterocycles. The predicted octanol–water partition coefficient (Wildman–Crippen LogP) is 4.06. The summed E-state index contributed by atoms with van der Waals surface area (Å²) in [7, 11) is 0. The number of pyridine rings is 2. The molecule has 0 atom stereocenters. The Balaban J connectivity index is 1.70. The topological polar surface area (TPSA) is 72.9 Å². The van der Waals surface area contributed by atoms with Crippen LogP contribution in [0.15, 0.2) is 54.9 Å². The van der Waals surface area contributed by atoms with Crippen molar-refractivity contribution in [3.8, 4) is 22.9 Å². The van der Waals surface area contributed by atoms with Crippen LogP contribution < -0.4 is 9.47 Å². The molecule has 0 unspecified atom stereocenters. The minimum atomic E-state index is 0.255. The summed E-state index contributed by atoms with van der Waals surface area (Å²) in [5.41, 5.74) is 4.53. The number of fused-ring (bicyclic) bond motifs is 7. The fourth-order valence-corrected chi connectivity index (χ4v) is 3.52. The lowest BCUT2D eigenvalue weighted by molar-refractivity contribution is 0.174.